The molecule has 1 saturated heterocycles. The van der Waals surface area contributed by atoms with Crippen LogP contribution in [0.3, 0.4) is 0 Å². The van der Waals surface area contributed by atoms with Crippen LogP contribution in [0.2, 0.25) is 0 Å². The molecule has 0 aromatic rings. The fourth-order valence-corrected chi connectivity index (χ4v) is 2.33. The first kappa shape index (κ1) is 16.8. The average molecular weight is 286 g/mol. The number of urea groups is 1. The second-order valence-electron chi connectivity index (χ2n) is 5.51. The lowest BCUT2D eigenvalue weighted by molar-refractivity contribution is -0.140. The van der Waals surface area contributed by atoms with Crippen molar-refractivity contribution in [3.8, 4) is 0 Å². The molecule has 2 N–H and O–H groups in total. The van der Waals surface area contributed by atoms with Crippen LogP contribution in [0.1, 0.15) is 40.5 Å². The zero-order valence-electron chi connectivity index (χ0n) is 12.8. The van der Waals surface area contributed by atoms with Gasteiger partial charge in [0.25, 0.3) is 0 Å². The van der Waals surface area contributed by atoms with E-state index < -0.39 is 12.0 Å². The first-order valence-electron chi connectivity index (χ1n) is 7.32. The predicted octanol–water partition coefficient (Wildman–Crippen LogP) is 1.69. The number of amides is 2. The molecule has 4 atom stereocenters. The largest absolute Gasteiger partial charge is 0.480 e. The van der Waals surface area contributed by atoms with E-state index in [9.17, 15) is 14.7 Å². The number of aliphatic carboxylic acids is 1. The first-order valence-corrected chi connectivity index (χ1v) is 7.32. The van der Waals surface area contributed by atoms with E-state index in [1.165, 1.54) is 0 Å². The predicted molar refractivity (Wildman–Crippen MR) is 75.6 cm³/mol. The summed E-state index contributed by atoms with van der Waals surface area (Å²) in [7, 11) is 0. The number of carboxylic acids is 1. The molecule has 0 radical (unpaired) electrons. The second-order valence-corrected chi connectivity index (χ2v) is 5.51. The van der Waals surface area contributed by atoms with Gasteiger partial charge in [0.05, 0.1) is 18.8 Å². The highest BCUT2D eigenvalue weighted by Crippen LogP contribution is 2.16. The molecule has 1 rings (SSSR count). The molecule has 1 aliphatic heterocycles. The third-order valence-electron chi connectivity index (χ3n) is 3.96. The van der Waals surface area contributed by atoms with E-state index in [1.54, 1.807) is 4.90 Å². The Balaban J connectivity index is 2.73. The van der Waals surface area contributed by atoms with Gasteiger partial charge in [-0.3, -0.25) is 0 Å². The lowest BCUT2D eigenvalue weighted by atomic mass is 9.99. The maximum atomic E-state index is 12.3. The zero-order chi connectivity index (χ0) is 15.3. The summed E-state index contributed by atoms with van der Waals surface area (Å²) < 4.78 is 5.54. The number of hydrogen-bond acceptors (Lipinski definition) is 3. The van der Waals surface area contributed by atoms with Gasteiger partial charge in [0.2, 0.25) is 0 Å². The molecule has 0 bridgehead atoms. The number of hydrogen-bond donors (Lipinski definition) is 2. The zero-order valence-corrected chi connectivity index (χ0v) is 12.8. The maximum absolute atomic E-state index is 12.3. The van der Waals surface area contributed by atoms with Crippen LogP contribution < -0.4 is 5.32 Å². The first-order chi connectivity index (χ1) is 9.40. The van der Waals surface area contributed by atoms with Gasteiger partial charge in [-0.1, -0.05) is 27.2 Å². The summed E-state index contributed by atoms with van der Waals surface area (Å²) in [6.07, 6.45) is 1.48. The molecule has 1 heterocycles. The van der Waals surface area contributed by atoms with Crippen LogP contribution in [0.4, 0.5) is 4.79 Å². The smallest absolute Gasteiger partial charge is 0.326 e. The highest BCUT2D eigenvalue weighted by atomic mass is 16.5. The van der Waals surface area contributed by atoms with Crippen LogP contribution in [0.25, 0.3) is 0 Å². The third-order valence-corrected chi connectivity index (χ3v) is 3.96. The summed E-state index contributed by atoms with van der Waals surface area (Å²) in [4.78, 5) is 25.3. The SMILES string of the molecule is CCC(C)C(NC(=O)N1CC(C)OCC1CC)C(=O)O. The summed E-state index contributed by atoms with van der Waals surface area (Å²) >= 11 is 0. The molecule has 20 heavy (non-hydrogen) atoms. The monoisotopic (exact) mass is 286 g/mol. The van der Waals surface area contributed by atoms with Crippen molar-refractivity contribution < 1.29 is 19.4 Å². The van der Waals surface area contributed by atoms with Crippen LogP contribution in [0.15, 0.2) is 0 Å². The van der Waals surface area contributed by atoms with Gasteiger partial charge in [-0.25, -0.2) is 9.59 Å². The fraction of sp³-hybridized carbons (Fsp3) is 0.857. The van der Waals surface area contributed by atoms with Crippen molar-refractivity contribution in [3.63, 3.8) is 0 Å². The van der Waals surface area contributed by atoms with Gasteiger partial charge < -0.3 is 20.1 Å². The number of rotatable bonds is 5. The van der Waals surface area contributed by atoms with E-state index in [1.807, 2.05) is 27.7 Å². The Morgan fingerprint density at radius 2 is 2.10 bits per heavy atom. The highest BCUT2D eigenvalue weighted by molar-refractivity contribution is 5.83. The van der Waals surface area contributed by atoms with E-state index >= 15 is 0 Å². The number of ether oxygens (including phenoxy) is 1. The number of morpholine rings is 1. The van der Waals surface area contributed by atoms with Crippen LogP contribution in [-0.2, 0) is 9.53 Å². The Bertz CT molecular complexity index is 348. The van der Waals surface area contributed by atoms with Crippen molar-refractivity contribution in [3.05, 3.63) is 0 Å². The van der Waals surface area contributed by atoms with Crippen LogP contribution in [-0.4, -0.2) is 53.3 Å². The molecule has 6 heteroatoms. The van der Waals surface area contributed by atoms with Crippen molar-refractivity contribution in [2.24, 2.45) is 5.92 Å². The highest BCUT2D eigenvalue weighted by Gasteiger charge is 2.33. The van der Waals surface area contributed by atoms with E-state index in [-0.39, 0.29) is 24.1 Å². The molecule has 0 aromatic carbocycles. The fourth-order valence-electron chi connectivity index (χ4n) is 2.33. The van der Waals surface area contributed by atoms with Gasteiger partial charge in [-0.2, -0.15) is 0 Å². The normalized spacial score (nSPS) is 25.9. The van der Waals surface area contributed by atoms with Crippen LogP contribution in [0, 0.1) is 5.92 Å². The molecule has 0 aliphatic carbocycles. The van der Waals surface area contributed by atoms with Gasteiger partial charge in [0, 0.05) is 6.54 Å². The molecule has 1 fully saturated rings. The van der Waals surface area contributed by atoms with Gasteiger partial charge >= 0.3 is 12.0 Å². The summed E-state index contributed by atoms with van der Waals surface area (Å²) in [6, 6.07) is -1.14. The Hall–Kier alpha value is -1.30. The number of nitrogens with zero attached hydrogens (tertiary/aromatic N) is 1. The van der Waals surface area contributed by atoms with Crippen LogP contribution >= 0.6 is 0 Å². The molecule has 0 aromatic heterocycles. The molecule has 4 unspecified atom stereocenters. The lowest BCUT2D eigenvalue weighted by Crippen LogP contribution is -2.58. The molecule has 2 amide bonds. The number of carbonyl (C=O) groups excluding carboxylic acids is 1. The van der Waals surface area contributed by atoms with E-state index in [2.05, 4.69) is 5.32 Å². The number of carboxylic acid groups (broad SMARTS) is 1. The number of carbonyl (C=O) groups is 2. The average Bonchev–Trinajstić information content (AvgIpc) is 2.43. The van der Waals surface area contributed by atoms with Crippen molar-refractivity contribution in [1.82, 2.24) is 10.2 Å². The minimum Gasteiger partial charge on any atom is -0.480 e. The topological polar surface area (TPSA) is 78.9 Å². The van der Waals surface area contributed by atoms with E-state index in [4.69, 9.17) is 4.74 Å². The van der Waals surface area contributed by atoms with Gasteiger partial charge in [0.15, 0.2) is 0 Å². The summed E-state index contributed by atoms with van der Waals surface area (Å²) in [5, 5.41) is 11.9. The van der Waals surface area contributed by atoms with Crippen molar-refractivity contribution in [2.75, 3.05) is 13.2 Å². The van der Waals surface area contributed by atoms with E-state index in [0.717, 1.165) is 6.42 Å². The van der Waals surface area contributed by atoms with Crippen molar-refractivity contribution in [2.45, 2.75) is 58.7 Å². The maximum Gasteiger partial charge on any atom is 0.326 e. The molecular formula is C14H26N2O4. The number of nitrogens with one attached hydrogen (secondary N) is 1. The Morgan fingerprint density at radius 1 is 1.45 bits per heavy atom. The molecular weight excluding hydrogens is 260 g/mol. The molecule has 1 aliphatic rings. The third kappa shape index (κ3) is 4.10. The summed E-state index contributed by atoms with van der Waals surface area (Å²) in [6.45, 7) is 8.66. The Labute approximate surface area is 120 Å². The van der Waals surface area contributed by atoms with Crippen molar-refractivity contribution in [1.29, 1.82) is 0 Å². The Kier molecular flexibility index (Phi) is 6.26. The van der Waals surface area contributed by atoms with Gasteiger partial charge in [-0.15, -0.1) is 0 Å². The molecule has 116 valence electrons. The summed E-state index contributed by atoms with van der Waals surface area (Å²) in [5.41, 5.74) is 0. The second kappa shape index (κ2) is 7.47. The van der Waals surface area contributed by atoms with Gasteiger partial charge in [0.1, 0.15) is 6.04 Å². The van der Waals surface area contributed by atoms with Crippen molar-refractivity contribution >= 4 is 12.0 Å². The lowest BCUT2D eigenvalue weighted by Gasteiger charge is -2.39. The quantitative estimate of drug-likeness (QED) is 0.806. The molecule has 0 spiro atoms. The minimum absolute atomic E-state index is 0.0116. The minimum atomic E-state index is -0.984. The standard InChI is InChI=1S/C14H26N2O4/c1-5-9(3)12(13(17)18)15-14(19)16-7-10(4)20-8-11(16)6-2/h9-12H,5-8H2,1-4H3,(H,15,19)(H,17,18). The summed E-state index contributed by atoms with van der Waals surface area (Å²) in [5.74, 6) is -1.09. The molecule has 6 nitrogen and oxygen atoms in total. The van der Waals surface area contributed by atoms with E-state index in [0.29, 0.717) is 19.6 Å². The molecule has 0 saturated carbocycles. The van der Waals surface area contributed by atoms with Gasteiger partial charge in [-0.05, 0) is 19.3 Å². The van der Waals surface area contributed by atoms with Crippen LogP contribution in [0.5, 0.6) is 0 Å². The Morgan fingerprint density at radius 3 is 2.60 bits per heavy atom.